The van der Waals surface area contributed by atoms with Crippen molar-refractivity contribution in [2.75, 3.05) is 4.72 Å². The van der Waals surface area contributed by atoms with Crippen LogP contribution in [0.3, 0.4) is 0 Å². The molecule has 0 saturated heterocycles. The molecule has 6 nitrogen and oxygen atoms in total. The van der Waals surface area contributed by atoms with Gasteiger partial charge in [-0.05, 0) is 43.7 Å². The highest BCUT2D eigenvalue weighted by Crippen LogP contribution is 2.25. The number of thiazole rings is 1. The minimum Gasteiger partial charge on any atom is -0.347 e. The Hall–Kier alpha value is -2.42. The Kier molecular flexibility index (Phi) is 6.02. The summed E-state index contributed by atoms with van der Waals surface area (Å²) in [5.74, 6) is -0.299. The molecule has 1 aromatic heterocycles. The van der Waals surface area contributed by atoms with E-state index < -0.39 is 10.0 Å². The number of nitrogens with zero attached hydrogens (tertiary/aromatic N) is 1. The van der Waals surface area contributed by atoms with Gasteiger partial charge in [-0.15, -0.1) is 0 Å². The van der Waals surface area contributed by atoms with Gasteiger partial charge in [0.05, 0.1) is 10.6 Å². The van der Waals surface area contributed by atoms with E-state index in [1.807, 2.05) is 31.2 Å². The van der Waals surface area contributed by atoms with Crippen molar-refractivity contribution in [2.45, 2.75) is 25.3 Å². The highest BCUT2D eigenvalue weighted by Gasteiger charge is 2.20. The molecule has 146 valence electrons. The Balaban J connectivity index is 1.70. The molecule has 0 aliphatic carbocycles. The third-order valence-corrected chi connectivity index (χ3v) is 6.73. The number of amides is 1. The first-order chi connectivity index (χ1) is 13.2. The number of aromatic nitrogens is 1. The number of halogens is 1. The summed E-state index contributed by atoms with van der Waals surface area (Å²) in [4.78, 5) is 17.1. The molecule has 2 aromatic carbocycles. The summed E-state index contributed by atoms with van der Waals surface area (Å²) in [6.07, 6.45) is 0. The minimum atomic E-state index is -3.81. The Morgan fingerprint density at radius 1 is 1.07 bits per heavy atom. The van der Waals surface area contributed by atoms with Crippen LogP contribution in [0.5, 0.6) is 0 Å². The Morgan fingerprint density at radius 2 is 1.71 bits per heavy atom. The molecule has 0 fully saturated rings. The number of sulfonamides is 1. The van der Waals surface area contributed by atoms with Gasteiger partial charge in [0.1, 0.15) is 4.88 Å². The molecule has 0 radical (unpaired) electrons. The van der Waals surface area contributed by atoms with Crippen LogP contribution < -0.4 is 10.0 Å². The summed E-state index contributed by atoms with van der Waals surface area (Å²) in [6, 6.07) is 13.6. The van der Waals surface area contributed by atoms with E-state index >= 15 is 0 Å². The van der Waals surface area contributed by atoms with E-state index in [-0.39, 0.29) is 15.9 Å². The van der Waals surface area contributed by atoms with Crippen LogP contribution in [0.15, 0.2) is 53.4 Å². The highest BCUT2D eigenvalue weighted by molar-refractivity contribution is 7.93. The van der Waals surface area contributed by atoms with Crippen molar-refractivity contribution in [3.63, 3.8) is 0 Å². The number of carbonyl (C=O) groups is 1. The number of nitrogens with one attached hydrogen (secondary N) is 2. The number of benzene rings is 2. The predicted molar refractivity (Wildman–Crippen MR) is 111 cm³/mol. The van der Waals surface area contributed by atoms with Gasteiger partial charge in [0.15, 0.2) is 5.13 Å². The molecule has 0 aliphatic rings. The van der Waals surface area contributed by atoms with E-state index in [1.54, 1.807) is 6.92 Å². The first kappa shape index (κ1) is 20.3. The van der Waals surface area contributed by atoms with Crippen molar-refractivity contribution in [1.29, 1.82) is 0 Å². The molecule has 1 amide bonds. The van der Waals surface area contributed by atoms with E-state index in [1.165, 1.54) is 24.3 Å². The van der Waals surface area contributed by atoms with Crippen LogP contribution in [0.25, 0.3) is 0 Å². The van der Waals surface area contributed by atoms with Gasteiger partial charge in [0.25, 0.3) is 15.9 Å². The molecule has 1 heterocycles. The monoisotopic (exact) mass is 435 g/mol. The average Bonchev–Trinajstić information content (AvgIpc) is 3.01. The van der Waals surface area contributed by atoms with Gasteiger partial charge in [-0.1, -0.05) is 52.8 Å². The van der Waals surface area contributed by atoms with Gasteiger partial charge in [0.2, 0.25) is 0 Å². The molecule has 0 spiro atoms. The Labute approximate surface area is 172 Å². The lowest BCUT2D eigenvalue weighted by Gasteiger charge is -2.05. The molecule has 0 bridgehead atoms. The maximum Gasteiger partial charge on any atom is 0.263 e. The molecule has 0 aliphatic heterocycles. The minimum absolute atomic E-state index is 0.0649. The summed E-state index contributed by atoms with van der Waals surface area (Å²) in [5.41, 5.74) is 2.58. The zero-order valence-electron chi connectivity index (χ0n) is 15.2. The molecule has 0 atom stereocenters. The second-order valence-corrected chi connectivity index (χ2v) is 9.28. The second-order valence-electron chi connectivity index (χ2n) is 6.16. The number of anilines is 1. The molecule has 28 heavy (non-hydrogen) atoms. The average molecular weight is 436 g/mol. The summed E-state index contributed by atoms with van der Waals surface area (Å²) >= 11 is 6.78. The molecule has 3 aromatic rings. The van der Waals surface area contributed by atoms with Gasteiger partial charge in [-0.3, -0.25) is 9.52 Å². The van der Waals surface area contributed by atoms with E-state index in [0.717, 1.165) is 22.5 Å². The summed E-state index contributed by atoms with van der Waals surface area (Å²) in [7, 11) is -3.81. The topological polar surface area (TPSA) is 88.2 Å². The van der Waals surface area contributed by atoms with Crippen LogP contribution in [0, 0.1) is 13.8 Å². The first-order valence-corrected chi connectivity index (χ1v) is 11.0. The van der Waals surface area contributed by atoms with Crippen molar-refractivity contribution in [2.24, 2.45) is 0 Å². The highest BCUT2D eigenvalue weighted by atomic mass is 35.5. The molecule has 9 heteroatoms. The van der Waals surface area contributed by atoms with Crippen molar-refractivity contribution in [3.05, 3.63) is 75.3 Å². The number of aryl methyl sites for hydroxylation is 2. The van der Waals surface area contributed by atoms with Gasteiger partial charge >= 0.3 is 0 Å². The number of carbonyl (C=O) groups excluding carboxylic acids is 1. The van der Waals surface area contributed by atoms with Crippen molar-refractivity contribution < 1.29 is 13.2 Å². The largest absolute Gasteiger partial charge is 0.347 e. The SMILES string of the molecule is Cc1ccc(CNC(=O)c2sc(NS(=O)(=O)c3ccc(Cl)cc3)nc2C)cc1. The Bertz CT molecular complexity index is 1090. The zero-order chi connectivity index (χ0) is 20.3. The van der Waals surface area contributed by atoms with E-state index in [4.69, 9.17) is 11.6 Å². The van der Waals surface area contributed by atoms with Crippen LogP contribution in [-0.4, -0.2) is 19.3 Å². The quantitative estimate of drug-likeness (QED) is 0.608. The maximum absolute atomic E-state index is 12.5. The van der Waals surface area contributed by atoms with Gasteiger partial charge in [0, 0.05) is 11.6 Å². The van der Waals surface area contributed by atoms with Crippen LogP contribution in [0.1, 0.15) is 26.5 Å². The van der Waals surface area contributed by atoms with E-state index in [2.05, 4.69) is 15.0 Å². The first-order valence-electron chi connectivity index (χ1n) is 8.34. The molecule has 0 saturated carbocycles. The van der Waals surface area contributed by atoms with Gasteiger partial charge in [-0.25, -0.2) is 13.4 Å². The Morgan fingerprint density at radius 3 is 2.36 bits per heavy atom. The van der Waals surface area contributed by atoms with Crippen molar-refractivity contribution >= 4 is 44.0 Å². The molecule has 2 N–H and O–H groups in total. The van der Waals surface area contributed by atoms with Crippen LogP contribution >= 0.6 is 22.9 Å². The molecule has 3 rings (SSSR count). The van der Waals surface area contributed by atoms with Crippen LogP contribution in [0.2, 0.25) is 5.02 Å². The second kappa shape index (κ2) is 8.30. The predicted octanol–water partition coefficient (Wildman–Crippen LogP) is 4.14. The van der Waals surface area contributed by atoms with Crippen LogP contribution in [-0.2, 0) is 16.6 Å². The van der Waals surface area contributed by atoms with Crippen molar-refractivity contribution in [3.8, 4) is 0 Å². The van der Waals surface area contributed by atoms with Crippen molar-refractivity contribution in [1.82, 2.24) is 10.3 Å². The molecular formula is C19H18ClN3O3S2. The molecule has 0 unspecified atom stereocenters. The third-order valence-electron chi connectivity index (χ3n) is 3.92. The number of rotatable bonds is 6. The normalized spacial score (nSPS) is 11.2. The fourth-order valence-electron chi connectivity index (χ4n) is 2.41. The fraction of sp³-hybridized carbons (Fsp3) is 0.158. The van der Waals surface area contributed by atoms with E-state index in [9.17, 15) is 13.2 Å². The number of hydrogen-bond donors (Lipinski definition) is 2. The summed E-state index contributed by atoms with van der Waals surface area (Å²) in [5, 5.41) is 3.40. The summed E-state index contributed by atoms with van der Waals surface area (Å²) < 4.78 is 27.3. The maximum atomic E-state index is 12.5. The van der Waals surface area contributed by atoms with Gasteiger partial charge < -0.3 is 5.32 Å². The fourth-order valence-corrected chi connectivity index (χ4v) is 4.65. The lowest BCUT2D eigenvalue weighted by molar-refractivity contribution is 0.0954. The summed E-state index contributed by atoms with van der Waals surface area (Å²) in [6.45, 7) is 4.04. The lowest BCUT2D eigenvalue weighted by atomic mass is 10.1. The lowest BCUT2D eigenvalue weighted by Crippen LogP contribution is -2.22. The smallest absolute Gasteiger partial charge is 0.263 e. The third kappa shape index (κ3) is 4.89. The van der Waals surface area contributed by atoms with E-state index in [0.29, 0.717) is 22.1 Å². The number of hydrogen-bond acceptors (Lipinski definition) is 5. The molecular weight excluding hydrogens is 418 g/mol. The van der Waals surface area contributed by atoms with Crippen LogP contribution in [0.4, 0.5) is 5.13 Å². The standard InChI is InChI=1S/C19H18ClN3O3S2/c1-12-3-5-14(6-4-12)11-21-18(24)17-13(2)22-19(27-17)23-28(25,26)16-9-7-15(20)8-10-16/h3-10H,11H2,1-2H3,(H,21,24)(H,22,23). The zero-order valence-corrected chi connectivity index (χ0v) is 17.6. The van der Waals surface area contributed by atoms with Gasteiger partial charge in [-0.2, -0.15) is 0 Å².